The standard InChI is InChI=1S/C18H16ClFN2O/c19-14-3-6-17-16(9-14)21-18(23-17)13-7-8-22(11-13)10-12-1-4-15(20)5-2-12/h1-6,9,13H,7-8,10-11H2/t13-/m0/s1. The lowest BCUT2D eigenvalue weighted by molar-refractivity contribution is 0.321. The third-order valence-electron chi connectivity index (χ3n) is 4.31. The van der Waals surface area contributed by atoms with Crippen LogP contribution in [-0.2, 0) is 6.54 Å². The van der Waals surface area contributed by atoms with Gasteiger partial charge >= 0.3 is 0 Å². The number of hydrogen-bond acceptors (Lipinski definition) is 3. The molecule has 0 radical (unpaired) electrons. The second-order valence-electron chi connectivity index (χ2n) is 6.01. The maximum Gasteiger partial charge on any atom is 0.199 e. The van der Waals surface area contributed by atoms with Crippen molar-refractivity contribution < 1.29 is 8.81 Å². The first kappa shape index (κ1) is 14.7. The molecule has 0 bridgehead atoms. The van der Waals surface area contributed by atoms with Crippen LogP contribution in [0.2, 0.25) is 5.02 Å². The Kier molecular flexibility index (Phi) is 3.79. The van der Waals surface area contributed by atoms with Crippen LogP contribution in [0.25, 0.3) is 11.1 Å². The topological polar surface area (TPSA) is 29.3 Å². The lowest BCUT2D eigenvalue weighted by Crippen LogP contribution is -2.19. The van der Waals surface area contributed by atoms with Crippen molar-refractivity contribution in [2.24, 2.45) is 0 Å². The van der Waals surface area contributed by atoms with E-state index in [9.17, 15) is 4.39 Å². The molecule has 3 aromatic rings. The molecule has 1 fully saturated rings. The fraction of sp³-hybridized carbons (Fsp3) is 0.278. The first-order valence-corrected chi connectivity index (χ1v) is 8.08. The quantitative estimate of drug-likeness (QED) is 0.702. The summed E-state index contributed by atoms with van der Waals surface area (Å²) in [6, 6.07) is 12.2. The minimum atomic E-state index is -0.196. The van der Waals surface area contributed by atoms with Crippen LogP contribution in [0.15, 0.2) is 46.9 Å². The van der Waals surface area contributed by atoms with Gasteiger partial charge in [-0.2, -0.15) is 0 Å². The molecule has 0 aliphatic carbocycles. The Hall–Kier alpha value is -1.91. The molecule has 0 N–H and O–H groups in total. The molecule has 1 aliphatic rings. The summed E-state index contributed by atoms with van der Waals surface area (Å²) in [5, 5.41) is 0.668. The molecule has 118 valence electrons. The molecule has 3 nitrogen and oxygen atoms in total. The van der Waals surface area contributed by atoms with Gasteiger partial charge in [-0.25, -0.2) is 9.37 Å². The van der Waals surface area contributed by atoms with Crippen LogP contribution in [0.4, 0.5) is 4.39 Å². The fourth-order valence-corrected chi connectivity index (χ4v) is 3.29. The van der Waals surface area contributed by atoms with Crippen LogP contribution in [0.3, 0.4) is 0 Å². The van der Waals surface area contributed by atoms with E-state index >= 15 is 0 Å². The molecule has 0 saturated carbocycles. The van der Waals surface area contributed by atoms with E-state index < -0.39 is 0 Å². The summed E-state index contributed by atoms with van der Waals surface area (Å²) in [6.45, 7) is 2.71. The summed E-state index contributed by atoms with van der Waals surface area (Å²) >= 11 is 6.00. The number of rotatable bonds is 3. The van der Waals surface area contributed by atoms with Crippen molar-refractivity contribution in [2.75, 3.05) is 13.1 Å². The molecule has 0 unspecified atom stereocenters. The highest BCUT2D eigenvalue weighted by atomic mass is 35.5. The minimum Gasteiger partial charge on any atom is -0.440 e. The van der Waals surface area contributed by atoms with Gasteiger partial charge in [0.15, 0.2) is 11.5 Å². The maximum absolute atomic E-state index is 13.0. The molecule has 0 amide bonds. The monoisotopic (exact) mass is 330 g/mol. The Labute approximate surface area is 138 Å². The van der Waals surface area contributed by atoms with Gasteiger partial charge < -0.3 is 4.42 Å². The number of fused-ring (bicyclic) bond motifs is 1. The molecule has 0 spiro atoms. The Morgan fingerprint density at radius 1 is 1.22 bits per heavy atom. The van der Waals surface area contributed by atoms with Gasteiger partial charge in [-0.15, -0.1) is 0 Å². The Balaban J connectivity index is 1.47. The van der Waals surface area contributed by atoms with Gasteiger partial charge in [0.2, 0.25) is 0 Å². The summed E-state index contributed by atoms with van der Waals surface area (Å²) in [4.78, 5) is 6.93. The van der Waals surface area contributed by atoms with E-state index in [-0.39, 0.29) is 5.82 Å². The summed E-state index contributed by atoms with van der Waals surface area (Å²) in [5.41, 5.74) is 2.71. The number of likely N-dealkylation sites (tertiary alicyclic amines) is 1. The smallest absolute Gasteiger partial charge is 0.199 e. The summed E-state index contributed by atoms with van der Waals surface area (Å²) in [6.07, 6.45) is 1.02. The lowest BCUT2D eigenvalue weighted by atomic mass is 10.1. The van der Waals surface area contributed by atoms with Crippen molar-refractivity contribution in [1.29, 1.82) is 0 Å². The molecule has 1 atom stereocenters. The molecule has 1 aromatic heterocycles. The van der Waals surface area contributed by atoms with Crippen LogP contribution >= 0.6 is 11.6 Å². The average molecular weight is 331 g/mol. The van der Waals surface area contributed by atoms with Gasteiger partial charge in [-0.3, -0.25) is 4.90 Å². The predicted molar refractivity (Wildman–Crippen MR) is 88.1 cm³/mol. The first-order valence-electron chi connectivity index (χ1n) is 7.70. The summed E-state index contributed by atoms with van der Waals surface area (Å²) in [7, 11) is 0. The van der Waals surface area contributed by atoms with E-state index in [1.54, 1.807) is 0 Å². The van der Waals surface area contributed by atoms with E-state index in [0.717, 1.165) is 48.6 Å². The Morgan fingerprint density at radius 2 is 2.04 bits per heavy atom. The molecular formula is C18H16ClFN2O. The molecule has 1 saturated heterocycles. The van der Waals surface area contributed by atoms with E-state index in [1.807, 2.05) is 30.3 Å². The van der Waals surface area contributed by atoms with Crippen LogP contribution < -0.4 is 0 Å². The summed E-state index contributed by atoms with van der Waals surface area (Å²) in [5.74, 6) is 0.878. The largest absolute Gasteiger partial charge is 0.440 e. The number of aromatic nitrogens is 1. The molecular weight excluding hydrogens is 315 g/mol. The third kappa shape index (κ3) is 3.09. The third-order valence-corrected chi connectivity index (χ3v) is 4.54. The summed E-state index contributed by atoms with van der Waals surface area (Å²) < 4.78 is 18.8. The van der Waals surface area contributed by atoms with Crippen LogP contribution in [-0.4, -0.2) is 23.0 Å². The van der Waals surface area contributed by atoms with Crippen LogP contribution in [0, 0.1) is 5.82 Å². The van der Waals surface area contributed by atoms with Crippen molar-refractivity contribution in [3.63, 3.8) is 0 Å². The van der Waals surface area contributed by atoms with Crippen LogP contribution in [0.5, 0.6) is 0 Å². The molecule has 1 aliphatic heterocycles. The molecule has 4 rings (SSSR count). The zero-order valence-corrected chi connectivity index (χ0v) is 13.3. The Bertz CT molecular complexity index is 831. The molecule has 2 aromatic carbocycles. The minimum absolute atomic E-state index is 0.196. The van der Waals surface area contributed by atoms with Crippen molar-refractivity contribution in [2.45, 2.75) is 18.9 Å². The van der Waals surface area contributed by atoms with Crippen molar-refractivity contribution in [3.8, 4) is 0 Å². The Morgan fingerprint density at radius 3 is 2.87 bits per heavy atom. The number of hydrogen-bond donors (Lipinski definition) is 0. The zero-order valence-electron chi connectivity index (χ0n) is 12.5. The van der Waals surface area contributed by atoms with Gasteiger partial charge in [0, 0.05) is 24.0 Å². The maximum atomic E-state index is 13.0. The number of oxazole rings is 1. The number of halogens is 2. The van der Waals surface area contributed by atoms with Crippen molar-refractivity contribution in [3.05, 3.63) is 64.8 Å². The van der Waals surface area contributed by atoms with Gasteiger partial charge in [-0.05, 0) is 48.9 Å². The highest BCUT2D eigenvalue weighted by molar-refractivity contribution is 6.31. The molecule has 5 heteroatoms. The second kappa shape index (κ2) is 5.95. The van der Waals surface area contributed by atoms with E-state index in [0.29, 0.717) is 10.9 Å². The predicted octanol–water partition coefficient (Wildman–Crippen LogP) is 4.61. The number of nitrogens with zero attached hydrogens (tertiary/aromatic N) is 2. The van der Waals surface area contributed by atoms with Gasteiger partial charge in [-0.1, -0.05) is 23.7 Å². The average Bonchev–Trinajstić information content (AvgIpc) is 3.15. The highest BCUT2D eigenvalue weighted by Crippen LogP contribution is 2.30. The lowest BCUT2D eigenvalue weighted by Gasteiger charge is -2.15. The second-order valence-corrected chi connectivity index (χ2v) is 6.45. The van der Waals surface area contributed by atoms with E-state index in [4.69, 9.17) is 16.0 Å². The van der Waals surface area contributed by atoms with Crippen molar-refractivity contribution in [1.82, 2.24) is 9.88 Å². The zero-order chi connectivity index (χ0) is 15.8. The van der Waals surface area contributed by atoms with E-state index in [2.05, 4.69) is 9.88 Å². The fourth-order valence-electron chi connectivity index (χ4n) is 3.12. The van der Waals surface area contributed by atoms with Crippen LogP contribution in [0.1, 0.15) is 23.8 Å². The van der Waals surface area contributed by atoms with Crippen molar-refractivity contribution >= 4 is 22.7 Å². The van der Waals surface area contributed by atoms with E-state index in [1.165, 1.54) is 12.1 Å². The van der Waals surface area contributed by atoms with Gasteiger partial charge in [0.25, 0.3) is 0 Å². The molecule has 23 heavy (non-hydrogen) atoms. The normalized spacial score (nSPS) is 18.8. The first-order chi connectivity index (χ1) is 11.2. The molecule has 2 heterocycles. The number of benzene rings is 2. The van der Waals surface area contributed by atoms with Gasteiger partial charge in [0.1, 0.15) is 11.3 Å². The SMILES string of the molecule is Fc1ccc(CN2CC[C@H](c3nc4cc(Cl)ccc4o3)C2)cc1. The van der Waals surface area contributed by atoms with Gasteiger partial charge in [0.05, 0.1) is 0 Å². The highest BCUT2D eigenvalue weighted by Gasteiger charge is 2.27.